The summed E-state index contributed by atoms with van der Waals surface area (Å²) in [5, 5.41) is 3.68. The maximum Gasteiger partial charge on any atom is 0.150 e. The third-order valence-corrected chi connectivity index (χ3v) is 7.20. The van der Waals surface area contributed by atoms with Gasteiger partial charge in [0.15, 0.2) is 9.84 Å². The molecule has 4 nitrogen and oxygen atoms in total. The topological polar surface area (TPSA) is 49.4 Å². The Balaban J connectivity index is 1.55. The van der Waals surface area contributed by atoms with Gasteiger partial charge in [-0.15, -0.1) is 0 Å². The molecule has 20 heavy (non-hydrogen) atoms. The average Bonchev–Trinajstić information content (AvgIpc) is 2.84. The molecule has 3 rings (SSSR count). The highest BCUT2D eigenvalue weighted by atomic mass is 32.2. The minimum Gasteiger partial charge on any atom is -0.314 e. The lowest BCUT2D eigenvalue weighted by molar-refractivity contribution is 0.102. The third-order valence-electron chi connectivity index (χ3n) is 5.36. The Bertz CT molecular complexity index is 423. The number of hydrogen-bond acceptors (Lipinski definition) is 4. The highest BCUT2D eigenvalue weighted by molar-refractivity contribution is 7.91. The van der Waals surface area contributed by atoms with Crippen LogP contribution in [0, 0.1) is 5.92 Å². The second kappa shape index (κ2) is 5.93. The Morgan fingerprint density at radius 2 is 1.85 bits per heavy atom. The highest BCUT2D eigenvalue weighted by Gasteiger charge is 2.42. The fraction of sp³-hybridized carbons (Fsp3) is 1.00. The predicted molar refractivity (Wildman–Crippen MR) is 81.6 cm³/mol. The fourth-order valence-corrected chi connectivity index (χ4v) is 6.25. The summed E-state index contributed by atoms with van der Waals surface area (Å²) in [5.41, 5.74) is 0. The minimum atomic E-state index is -2.72. The van der Waals surface area contributed by atoms with Crippen molar-refractivity contribution in [3.05, 3.63) is 0 Å². The van der Waals surface area contributed by atoms with Crippen LogP contribution in [0.25, 0.3) is 0 Å². The van der Waals surface area contributed by atoms with E-state index in [2.05, 4.69) is 17.1 Å². The molecule has 0 radical (unpaired) electrons. The van der Waals surface area contributed by atoms with Crippen molar-refractivity contribution in [3.63, 3.8) is 0 Å². The van der Waals surface area contributed by atoms with Gasteiger partial charge in [-0.25, -0.2) is 8.42 Å². The van der Waals surface area contributed by atoms with Crippen molar-refractivity contribution in [2.75, 3.05) is 24.6 Å². The molecule has 3 aliphatic rings. The number of nitrogens with zero attached hydrogens (tertiary/aromatic N) is 1. The zero-order valence-electron chi connectivity index (χ0n) is 12.6. The van der Waals surface area contributed by atoms with E-state index in [-0.39, 0.29) is 0 Å². The number of fused-ring (bicyclic) bond motifs is 2. The van der Waals surface area contributed by atoms with Crippen LogP contribution in [0.3, 0.4) is 0 Å². The van der Waals surface area contributed by atoms with E-state index in [0.717, 1.165) is 19.5 Å². The second-order valence-electron chi connectivity index (χ2n) is 6.97. The third kappa shape index (κ3) is 3.20. The second-order valence-corrected chi connectivity index (χ2v) is 9.20. The fourth-order valence-electron chi connectivity index (χ4n) is 4.40. The zero-order chi connectivity index (χ0) is 14.2. The number of hydrogen-bond donors (Lipinski definition) is 1. The van der Waals surface area contributed by atoms with Gasteiger partial charge in [-0.1, -0.05) is 6.92 Å². The first-order valence-corrected chi connectivity index (χ1v) is 10.1. The largest absolute Gasteiger partial charge is 0.314 e. The number of nitrogens with one attached hydrogen (secondary N) is 1. The number of rotatable bonds is 5. The molecule has 0 spiro atoms. The summed E-state index contributed by atoms with van der Waals surface area (Å²) in [5.74, 6) is 1.24. The average molecular weight is 300 g/mol. The molecule has 3 unspecified atom stereocenters. The molecule has 3 saturated heterocycles. The van der Waals surface area contributed by atoms with Crippen molar-refractivity contribution in [1.29, 1.82) is 0 Å². The van der Waals surface area contributed by atoms with Crippen molar-refractivity contribution in [2.45, 2.75) is 63.6 Å². The molecule has 0 aliphatic carbocycles. The van der Waals surface area contributed by atoms with Gasteiger partial charge in [-0.2, -0.15) is 0 Å². The van der Waals surface area contributed by atoms with E-state index in [1.165, 1.54) is 32.1 Å². The van der Waals surface area contributed by atoms with Gasteiger partial charge in [0.05, 0.1) is 11.5 Å². The molecule has 0 aromatic rings. The van der Waals surface area contributed by atoms with Crippen LogP contribution in [0.4, 0.5) is 0 Å². The first-order chi connectivity index (χ1) is 9.57. The maximum absolute atomic E-state index is 11.6. The first-order valence-electron chi connectivity index (χ1n) is 8.27. The standard InChI is InChI=1S/C15H28N2O2S/c1-2-6-16-13-8-14-3-4-15(9-13)17(14)10-12-5-7-20(18,19)11-12/h12-16H,2-11H2,1H3. The van der Waals surface area contributed by atoms with Crippen LogP contribution >= 0.6 is 0 Å². The van der Waals surface area contributed by atoms with Gasteiger partial charge >= 0.3 is 0 Å². The smallest absolute Gasteiger partial charge is 0.150 e. The Hall–Kier alpha value is -0.130. The van der Waals surface area contributed by atoms with Crippen molar-refractivity contribution in [1.82, 2.24) is 10.2 Å². The van der Waals surface area contributed by atoms with Crippen LogP contribution < -0.4 is 5.32 Å². The van der Waals surface area contributed by atoms with Crippen LogP contribution in [-0.4, -0.2) is 56.0 Å². The Kier molecular flexibility index (Phi) is 4.39. The molecule has 3 atom stereocenters. The Labute approximate surface area is 123 Å². The van der Waals surface area contributed by atoms with E-state index in [0.29, 0.717) is 35.5 Å². The first kappa shape index (κ1) is 14.8. The number of piperidine rings is 1. The Morgan fingerprint density at radius 1 is 1.15 bits per heavy atom. The summed E-state index contributed by atoms with van der Waals surface area (Å²) in [6.07, 6.45) is 7.24. The molecule has 3 fully saturated rings. The van der Waals surface area contributed by atoms with Crippen LogP contribution in [0.2, 0.25) is 0 Å². The lowest BCUT2D eigenvalue weighted by atomic mass is 9.95. The maximum atomic E-state index is 11.6. The predicted octanol–water partition coefficient (Wildman–Crippen LogP) is 1.42. The van der Waals surface area contributed by atoms with Crippen LogP contribution in [-0.2, 0) is 9.84 Å². The van der Waals surface area contributed by atoms with E-state index in [1.54, 1.807) is 0 Å². The summed E-state index contributed by atoms with van der Waals surface area (Å²) in [7, 11) is -2.72. The SMILES string of the molecule is CCCNC1CC2CCC(C1)N2CC1CCS(=O)(=O)C1. The molecule has 116 valence electrons. The molecule has 3 heterocycles. The van der Waals surface area contributed by atoms with E-state index in [4.69, 9.17) is 0 Å². The summed E-state index contributed by atoms with van der Waals surface area (Å²) < 4.78 is 23.2. The van der Waals surface area contributed by atoms with Crippen molar-refractivity contribution < 1.29 is 8.42 Å². The molecule has 5 heteroatoms. The van der Waals surface area contributed by atoms with Gasteiger partial charge in [0.1, 0.15) is 0 Å². The van der Waals surface area contributed by atoms with Crippen LogP contribution in [0.5, 0.6) is 0 Å². The van der Waals surface area contributed by atoms with Crippen LogP contribution in [0.1, 0.15) is 45.4 Å². The summed E-state index contributed by atoms with van der Waals surface area (Å²) in [6.45, 7) is 4.37. The number of sulfone groups is 1. The molecule has 2 bridgehead atoms. The normalized spacial score (nSPS) is 40.2. The summed E-state index contributed by atoms with van der Waals surface area (Å²) >= 11 is 0. The highest BCUT2D eigenvalue weighted by Crippen LogP contribution is 2.37. The minimum absolute atomic E-state index is 0.392. The summed E-state index contributed by atoms with van der Waals surface area (Å²) in [4.78, 5) is 2.65. The lowest BCUT2D eigenvalue weighted by Crippen LogP contribution is -2.50. The van der Waals surface area contributed by atoms with Crippen molar-refractivity contribution in [3.8, 4) is 0 Å². The van der Waals surface area contributed by atoms with E-state index >= 15 is 0 Å². The molecule has 1 N–H and O–H groups in total. The molecule has 0 aromatic carbocycles. The van der Waals surface area contributed by atoms with Crippen molar-refractivity contribution >= 4 is 9.84 Å². The molecule has 3 aliphatic heterocycles. The molecule has 0 amide bonds. The van der Waals surface area contributed by atoms with Gasteiger partial charge in [0, 0.05) is 24.7 Å². The van der Waals surface area contributed by atoms with Gasteiger partial charge in [-0.05, 0) is 51.0 Å². The van der Waals surface area contributed by atoms with E-state index in [9.17, 15) is 8.42 Å². The molecular formula is C15H28N2O2S. The van der Waals surface area contributed by atoms with Crippen LogP contribution in [0.15, 0.2) is 0 Å². The van der Waals surface area contributed by atoms with Gasteiger partial charge in [-0.3, -0.25) is 4.90 Å². The van der Waals surface area contributed by atoms with E-state index in [1.807, 2.05) is 0 Å². The summed E-state index contributed by atoms with van der Waals surface area (Å²) in [6, 6.07) is 2.09. The Morgan fingerprint density at radius 3 is 2.40 bits per heavy atom. The van der Waals surface area contributed by atoms with Gasteiger partial charge in [0.25, 0.3) is 0 Å². The zero-order valence-corrected chi connectivity index (χ0v) is 13.4. The van der Waals surface area contributed by atoms with E-state index < -0.39 is 9.84 Å². The quantitative estimate of drug-likeness (QED) is 0.834. The van der Waals surface area contributed by atoms with Crippen molar-refractivity contribution in [2.24, 2.45) is 5.92 Å². The lowest BCUT2D eigenvalue weighted by Gasteiger charge is -2.40. The van der Waals surface area contributed by atoms with Gasteiger partial charge < -0.3 is 5.32 Å². The van der Waals surface area contributed by atoms with Gasteiger partial charge in [0.2, 0.25) is 0 Å². The monoisotopic (exact) mass is 300 g/mol. The molecule has 0 aromatic heterocycles. The molecular weight excluding hydrogens is 272 g/mol. The molecule has 0 saturated carbocycles.